The summed E-state index contributed by atoms with van der Waals surface area (Å²) < 4.78 is 14.7. The first-order valence-corrected chi connectivity index (χ1v) is 12.9. The van der Waals surface area contributed by atoms with Crippen LogP contribution in [-0.2, 0) is 22.6 Å². The highest BCUT2D eigenvalue weighted by atomic mass is 35.5. The third-order valence-electron chi connectivity index (χ3n) is 6.60. The lowest BCUT2D eigenvalue weighted by Gasteiger charge is -2.41. The van der Waals surface area contributed by atoms with E-state index >= 15 is 0 Å². The van der Waals surface area contributed by atoms with Crippen LogP contribution in [0.1, 0.15) is 46.4 Å². The molecule has 10 heteroatoms. The Morgan fingerprint density at radius 1 is 1.05 bits per heavy atom. The summed E-state index contributed by atoms with van der Waals surface area (Å²) in [5, 5.41) is 12.9. The topological polar surface area (TPSA) is 98.5 Å². The number of imidazole rings is 1. The van der Waals surface area contributed by atoms with Crippen LogP contribution in [0.4, 0.5) is 5.69 Å². The fraction of sp³-hybridized carbons (Fsp3) is 0.250. The van der Waals surface area contributed by atoms with E-state index in [0.717, 1.165) is 16.7 Å². The van der Waals surface area contributed by atoms with E-state index in [2.05, 4.69) is 22.2 Å². The molecule has 2 aromatic heterocycles. The van der Waals surface area contributed by atoms with E-state index in [-0.39, 0.29) is 35.8 Å². The normalized spacial score (nSPS) is 21.3. The maximum Gasteiger partial charge on any atom is 0.257 e. The predicted octanol–water partition coefficient (Wildman–Crippen LogP) is 5.82. The van der Waals surface area contributed by atoms with Crippen molar-refractivity contribution < 1.29 is 19.4 Å². The van der Waals surface area contributed by atoms with Crippen LogP contribution >= 0.6 is 23.2 Å². The van der Waals surface area contributed by atoms with Crippen molar-refractivity contribution in [1.29, 1.82) is 0 Å². The number of rotatable bonds is 7. The quantitative estimate of drug-likeness (QED) is 0.299. The lowest BCUT2D eigenvalue weighted by molar-refractivity contribution is -0.276. The van der Waals surface area contributed by atoms with Gasteiger partial charge in [-0.15, -0.1) is 0 Å². The summed E-state index contributed by atoms with van der Waals surface area (Å²) in [6.07, 6.45) is 3.50. The van der Waals surface area contributed by atoms with Crippen LogP contribution < -0.4 is 5.32 Å². The molecule has 3 heterocycles. The van der Waals surface area contributed by atoms with Crippen LogP contribution in [0.25, 0.3) is 0 Å². The molecule has 4 atom stereocenters. The predicted molar refractivity (Wildman–Crippen MR) is 144 cm³/mol. The molecule has 1 aliphatic rings. The van der Waals surface area contributed by atoms with Crippen molar-refractivity contribution in [3.8, 4) is 0 Å². The van der Waals surface area contributed by atoms with Gasteiger partial charge in [0, 0.05) is 29.6 Å². The largest absolute Gasteiger partial charge is 0.392 e. The van der Waals surface area contributed by atoms with E-state index in [4.69, 9.17) is 32.7 Å². The van der Waals surface area contributed by atoms with Crippen LogP contribution in [-0.4, -0.2) is 31.7 Å². The zero-order chi connectivity index (χ0) is 26.6. The number of pyridine rings is 1. The number of carbonyl (C=O) groups excluding carboxylic acids is 1. The van der Waals surface area contributed by atoms with Gasteiger partial charge in [0.1, 0.15) is 5.15 Å². The summed E-state index contributed by atoms with van der Waals surface area (Å²) in [7, 11) is 0. The summed E-state index contributed by atoms with van der Waals surface area (Å²) in [5.74, 6) is -0.284. The van der Waals surface area contributed by atoms with Gasteiger partial charge in [0.25, 0.3) is 5.91 Å². The standard InChI is InChI=1S/C28H26Cl2N4O4/c1-17-23(14-34-16-32-25(29)26(34)30)37-28(38-24(17)19-6-4-18(15-35)5-7-19)20-8-10-22(11-9-20)33-27(36)21-3-2-12-31-13-21/h2-13,16-17,23-24,28,35H,14-15H2,1H3,(H,33,36)/t17-,23+,24+,28+/m0/s1. The Hall–Kier alpha value is -3.27. The minimum absolute atomic E-state index is 0.0285. The molecule has 1 saturated heterocycles. The first-order valence-electron chi connectivity index (χ1n) is 12.1. The number of ether oxygens (including phenoxy) is 2. The first-order chi connectivity index (χ1) is 18.4. The number of nitrogens with zero attached hydrogens (tertiary/aromatic N) is 3. The summed E-state index contributed by atoms with van der Waals surface area (Å²) >= 11 is 12.4. The van der Waals surface area contributed by atoms with Gasteiger partial charge in [-0.1, -0.05) is 66.5 Å². The summed E-state index contributed by atoms with van der Waals surface area (Å²) in [6.45, 7) is 2.47. The van der Waals surface area contributed by atoms with Gasteiger partial charge < -0.3 is 24.5 Å². The monoisotopic (exact) mass is 552 g/mol. The molecule has 1 amide bonds. The van der Waals surface area contributed by atoms with Gasteiger partial charge in [-0.3, -0.25) is 9.78 Å². The van der Waals surface area contributed by atoms with E-state index in [9.17, 15) is 9.90 Å². The van der Waals surface area contributed by atoms with E-state index < -0.39 is 6.29 Å². The van der Waals surface area contributed by atoms with Crippen molar-refractivity contribution in [2.24, 2.45) is 5.92 Å². The number of nitrogens with one attached hydrogen (secondary N) is 1. The maximum atomic E-state index is 12.5. The number of anilines is 1. The van der Waals surface area contributed by atoms with Gasteiger partial charge in [0.2, 0.25) is 0 Å². The molecule has 38 heavy (non-hydrogen) atoms. The van der Waals surface area contributed by atoms with Gasteiger partial charge in [0.05, 0.1) is 37.3 Å². The molecule has 2 aromatic carbocycles. The van der Waals surface area contributed by atoms with E-state index in [1.807, 2.05) is 36.4 Å². The molecule has 0 bridgehead atoms. The number of aliphatic hydroxyl groups is 1. The second-order valence-corrected chi connectivity index (χ2v) is 9.83. The lowest BCUT2D eigenvalue weighted by atomic mass is 9.90. The molecule has 1 fully saturated rings. The van der Waals surface area contributed by atoms with Crippen LogP contribution in [0.15, 0.2) is 79.4 Å². The first kappa shape index (κ1) is 26.3. The number of halogens is 2. The Morgan fingerprint density at radius 2 is 1.79 bits per heavy atom. The molecule has 0 saturated carbocycles. The van der Waals surface area contributed by atoms with Gasteiger partial charge in [0.15, 0.2) is 11.4 Å². The van der Waals surface area contributed by atoms with Gasteiger partial charge in [-0.2, -0.15) is 0 Å². The Bertz CT molecular complexity index is 1380. The second kappa shape index (κ2) is 11.6. The maximum absolute atomic E-state index is 12.5. The summed E-state index contributed by atoms with van der Waals surface area (Å²) in [6, 6.07) is 18.5. The molecule has 0 spiro atoms. The Balaban J connectivity index is 1.38. The van der Waals surface area contributed by atoms with Crippen LogP contribution in [0, 0.1) is 5.92 Å². The number of aliphatic hydroxyl groups excluding tert-OH is 1. The number of amides is 1. The molecule has 0 aliphatic carbocycles. The van der Waals surface area contributed by atoms with Gasteiger partial charge in [-0.05, 0) is 35.4 Å². The van der Waals surface area contributed by atoms with Crippen molar-refractivity contribution in [3.05, 3.63) is 112 Å². The molecular weight excluding hydrogens is 527 g/mol. The average Bonchev–Trinajstić information content (AvgIpc) is 3.27. The highest BCUT2D eigenvalue weighted by molar-refractivity contribution is 6.40. The SMILES string of the molecule is C[C@H]1[C@@H](Cn2cnc(Cl)c2Cl)O[C@@H](c2ccc(NC(=O)c3cccnc3)cc2)O[C@H]1c1ccc(CO)cc1. The molecule has 196 valence electrons. The molecular formula is C28H26Cl2N4O4. The Labute approximate surface area is 230 Å². The third-order valence-corrected chi connectivity index (χ3v) is 7.37. The molecule has 5 rings (SSSR count). The van der Waals surface area contributed by atoms with E-state index in [0.29, 0.717) is 22.9 Å². The van der Waals surface area contributed by atoms with E-state index in [1.54, 1.807) is 41.4 Å². The Kier molecular flexibility index (Phi) is 8.06. The average molecular weight is 553 g/mol. The lowest BCUT2D eigenvalue weighted by Crippen LogP contribution is -2.39. The smallest absolute Gasteiger partial charge is 0.257 e. The van der Waals surface area contributed by atoms with Crippen molar-refractivity contribution in [2.75, 3.05) is 5.32 Å². The van der Waals surface area contributed by atoms with Crippen LogP contribution in [0.3, 0.4) is 0 Å². The molecule has 4 aromatic rings. The minimum Gasteiger partial charge on any atom is -0.392 e. The number of aromatic nitrogens is 3. The van der Waals surface area contributed by atoms with Crippen molar-refractivity contribution >= 4 is 34.8 Å². The Morgan fingerprint density at radius 3 is 2.42 bits per heavy atom. The molecule has 8 nitrogen and oxygen atoms in total. The van der Waals surface area contributed by atoms with Crippen LogP contribution in [0.5, 0.6) is 0 Å². The minimum atomic E-state index is -0.667. The van der Waals surface area contributed by atoms with Gasteiger partial charge >= 0.3 is 0 Å². The van der Waals surface area contributed by atoms with Crippen molar-refractivity contribution in [3.63, 3.8) is 0 Å². The molecule has 2 N–H and O–H groups in total. The second-order valence-electron chi connectivity index (χ2n) is 9.12. The number of benzene rings is 2. The zero-order valence-corrected chi connectivity index (χ0v) is 22.0. The third kappa shape index (κ3) is 5.75. The van der Waals surface area contributed by atoms with Gasteiger partial charge in [-0.25, -0.2) is 4.98 Å². The molecule has 0 unspecified atom stereocenters. The number of hydrogen-bond acceptors (Lipinski definition) is 6. The van der Waals surface area contributed by atoms with Crippen molar-refractivity contribution in [1.82, 2.24) is 14.5 Å². The summed E-state index contributed by atoms with van der Waals surface area (Å²) in [5.41, 5.74) is 3.71. The van der Waals surface area contributed by atoms with Crippen LogP contribution in [0.2, 0.25) is 10.3 Å². The highest BCUT2D eigenvalue weighted by Crippen LogP contribution is 2.42. The fourth-order valence-corrected chi connectivity index (χ4v) is 4.73. The molecule has 0 radical (unpaired) electrons. The fourth-order valence-electron chi connectivity index (χ4n) is 4.42. The van der Waals surface area contributed by atoms with E-state index in [1.165, 1.54) is 6.20 Å². The highest BCUT2D eigenvalue weighted by Gasteiger charge is 2.38. The zero-order valence-electron chi connectivity index (χ0n) is 20.5. The van der Waals surface area contributed by atoms with Crippen molar-refractivity contribution in [2.45, 2.75) is 38.6 Å². The number of hydrogen-bond donors (Lipinski definition) is 2. The number of carbonyl (C=O) groups is 1. The summed E-state index contributed by atoms with van der Waals surface area (Å²) in [4.78, 5) is 20.6. The molecule has 1 aliphatic heterocycles.